The Labute approximate surface area is 130 Å². The van der Waals surface area contributed by atoms with Crippen LogP contribution in [0.5, 0.6) is 5.75 Å². The van der Waals surface area contributed by atoms with Crippen LogP contribution in [0, 0.1) is 11.3 Å². The maximum absolute atomic E-state index is 13.3. The Hall–Kier alpha value is -2.76. The summed E-state index contributed by atoms with van der Waals surface area (Å²) in [6.07, 6.45) is 2.02. The van der Waals surface area contributed by atoms with Crippen LogP contribution in [0.3, 0.4) is 0 Å². The van der Waals surface area contributed by atoms with Gasteiger partial charge in [-0.25, -0.2) is 8.78 Å². The van der Waals surface area contributed by atoms with Crippen molar-refractivity contribution in [2.45, 2.75) is 18.4 Å². The number of carbonyl (C=O) groups is 2. The van der Waals surface area contributed by atoms with Crippen LogP contribution in [0.15, 0.2) is 18.5 Å². The number of ether oxygens (including phenoxy) is 1. The van der Waals surface area contributed by atoms with Crippen molar-refractivity contribution in [1.29, 1.82) is 5.26 Å². The summed E-state index contributed by atoms with van der Waals surface area (Å²) in [5.41, 5.74) is 0.166. The molecule has 1 N–H and O–H groups in total. The fraction of sp³-hybridized carbons (Fsp3) is 0.429. The number of nitriles is 1. The van der Waals surface area contributed by atoms with Crippen LogP contribution in [0.25, 0.3) is 0 Å². The molecule has 7 nitrogen and oxygen atoms in total. The van der Waals surface area contributed by atoms with E-state index in [1.807, 2.05) is 0 Å². The van der Waals surface area contributed by atoms with E-state index in [1.54, 1.807) is 6.07 Å². The molecule has 23 heavy (non-hydrogen) atoms. The smallest absolute Gasteiger partial charge is 0.268 e. The summed E-state index contributed by atoms with van der Waals surface area (Å²) in [4.78, 5) is 28.6. The SMILES string of the molecule is COc1cnccc1C(=O)NCC(=O)N1CC(F)(F)CC1C#N. The van der Waals surface area contributed by atoms with Gasteiger partial charge in [-0.15, -0.1) is 0 Å². The number of likely N-dealkylation sites (tertiary alicyclic amines) is 1. The van der Waals surface area contributed by atoms with Gasteiger partial charge in [-0.05, 0) is 6.07 Å². The third kappa shape index (κ3) is 3.71. The number of nitrogens with zero attached hydrogens (tertiary/aromatic N) is 3. The van der Waals surface area contributed by atoms with Crippen molar-refractivity contribution < 1.29 is 23.1 Å². The summed E-state index contributed by atoms with van der Waals surface area (Å²) in [7, 11) is 1.36. The Kier molecular flexibility index (Phi) is 4.74. The topological polar surface area (TPSA) is 95.3 Å². The molecule has 2 heterocycles. The van der Waals surface area contributed by atoms with Crippen molar-refractivity contribution in [2.75, 3.05) is 20.2 Å². The lowest BCUT2D eigenvalue weighted by Gasteiger charge is -2.19. The molecule has 0 aromatic carbocycles. The number of pyridine rings is 1. The van der Waals surface area contributed by atoms with Gasteiger partial charge in [-0.1, -0.05) is 0 Å². The molecule has 2 amide bonds. The van der Waals surface area contributed by atoms with Gasteiger partial charge < -0.3 is 15.0 Å². The Bertz CT molecular complexity index is 660. The van der Waals surface area contributed by atoms with E-state index in [9.17, 15) is 18.4 Å². The summed E-state index contributed by atoms with van der Waals surface area (Å²) in [5, 5.41) is 11.2. The van der Waals surface area contributed by atoms with Gasteiger partial charge in [0.2, 0.25) is 5.91 Å². The number of carbonyl (C=O) groups excluding carboxylic acids is 2. The van der Waals surface area contributed by atoms with Crippen molar-refractivity contribution in [3.8, 4) is 11.8 Å². The fourth-order valence-electron chi connectivity index (χ4n) is 2.28. The molecule has 1 saturated heterocycles. The second kappa shape index (κ2) is 6.56. The average molecular weight is 324 g/mol. The Balaban J connectivity index is 1.99. The molecule has 0 spiro atoms. The first-order chi connectivity index (χ1) is 10.9. The number of alkyl halides is 2. The molecule has 1 fully saturated rings. The van der Waals surface area contributed by atoms with Gasteiger partial charge in [0.15, 0.2) is 0 Å². The van der Waals surface area contributed by atoms with Crippen molar-refractivity contribution in [1.82, 2.24) is 15.2 Å². The number of hydrogen-bond donors (Lipinski definition) is 1. The van der Waals surface area contributed by atoms with Crippen LogP contribution in [0.2, 0.25) is 0 Å². The van der Waals surface area contributed by atoms with Crippen LogP contribution in [0.4, 0.5) is 8.78 Å². The molecule has 1 unspecified atom stereocenters. The highest BCUT2D eigenvalue weighted by Gasteiger charge is 2.47. The predicted octanol–water partition coefficient (Wildman–Crippen LogP) is 0.580. The van der Waals surface area contributed by atoms with E-state index in [4.69, 9.17) is 10.00 Å². The van der Waals surface area contributed by atoms with Crippen LogP contribution in [-0.4, -0.2) is 53.9 Å². The quantitative estimate of drug-likeness (QED) is 0.874. The summed E-state index contributed by atoms with van der Waals surface area (Å²) >= 11 is 0. The van der Waals surface area contributed by atoms with Gasteiger partial charge in [0, 0.05) is 12.6 Å². The molecule has 9 heteroatoms. The molecule has 0 bridgehead atoms. The van der Waals surface area contributed by atoms with E-state index < -0.39 is 43.3 Å². The number of amides is 2. The maximum Gasteiger partial charge on any atom is 0.268 e. The molecule has 1 aliphatic heterocycles. The standard InChI is InChI=1S/C14H14F2N4O3/c1-23-11-6-18-3-2-10(11)13(22)19-7-12(21)20-8-14(15,16)4-9(20)5-17/h2-3,6,9H,4,7-8H2,1H3,(H,19,22). The van der Waals surface area contributed by atoms with Gasteiger partial charge in [0.05, 0.1) is 38.0 Å². The lowest BCUT2D eigenvalue weighted by atomic mass is 10.2. The number of halogens is 2. The number of methoxy groups -OCH3 is 1. The summed E-state index contributed by atoms with van der Waals surface area (Å²) in [5.74, 6) is -4.21. The first-order valence-corrected chi connectivity index (χ1v) is 6.71. The molecule has 1 aromatic heterocycles. The molecule has 1 aliphatic rings. The monoisotopic (exact) mass is 324 g/mol. The minimum atomic E-state index is -3.09. The zero-order valence-corrected chi connectivity index (χ0v) is 12.3. The molecule has 1 aromatic rings. The van der Waals surface area contributed by atoms with E-state index in [1.165, 1.54) is 25.6 Å². The van der Waals surface area contributed by atoms with Crippen LogP contribution < -0.4 is 10.1 Å². The average Bonchev–Trinajstić information content (AvgIpc) is 2.87. The molecule has 2 rings (SSSR count). The fourth-order valence-corrected chi connectivity index (χ4v) is 2.28. The molecular weight excluding hydrogens is 310 g/mol. The van der Waals surface area contributed by atoms with Gasteiger partial charge in [-0.3, -0.25) is 14.6 Å². The lowest BCUT2D eigenvalue weighted by molar-refractivity contribution is -0.131. The van der Waals surface area contributed by atoms with Gasteiger partial charge in [0.25, 0.3) is 11.8 Å². The molecular formula is C14H14F2N4O3. The lowest BCUT2D eigenvalue weighted by Crippen LogP contribution is -2.43. The van der Waals surface area contributed by atoms with Crippen molar-refractivity contribution in [3.05, 3.63) is 24.0 Å². The van der Waals surface area contributed by atoms with E-state index in [2.05, 4.69) is 10.3 Å². The minimum Gasteiger partial charge on any atom is -0.494 e. The predicted molar refractivity (Wildman–Crippen MR) is 73.8 cm³/mol. The minimum absolute atomic E-state index is 0.166. The molecule has 122 valence electrons. The van der Waals surface area contributed by atoms with E-state index in [-0.39, 0.29) is 11.3 Å². The first kappa shape index (κ1) is 16.6. The van der Waals surface area contributed by atoms with Crippen LogP contribution in [0.1, 0.15) is 16.8 Å². The Morgan fingerprint density at radius 1 is 1.61 bits per heavy atom. The Morgan fingerprint density at radius 3 is 3.00 bits per heavy atom. The number of rotatable bonds is 4. The number of nitrogens with one attached hydrogen (secondary N) is 1. The van der Waals surface area contributed by atoms with E-state index >= 15 is 0 Å². The van der Waals surface area contributed by atoms with Crippen LogP contribution >= 0.6 is 0 Å². The summed E-state index contributed by atoms with van der Waals surface area (Å²) < 4.78 is 31.6. The molecule has 1 atom stereocenters. The first-order valence-electron chi connectivity index (χ1n) is 6.71. The normalized spacial score (nSPS) is 19.0. The van der Waals surface area contributed by atoms with E-state index in [0.717, 1.165) is 4.90 Å². The highest BCUT2D eigenvalue weighted by molar-refractivity contribution is 5.98. The third-order valence-corrected chi connectivity index (χ3v) is 3.39. The Morgan fingerprint density at radius 2 is 2.35 bits per heavy atom. The van der Waals surface area contributed by atoms with Gasteiger partial charge >= 0.3 is 0 Å². The number of hydrogen-bond acceptors (Lipinski definition) is 5. The van der Waals surface area contributed by atoms with Crippen molar-refractivity contribution in [3.63, 3.8) is 0 Å². The summed E-state index contributed by atoms with van der Waals surface area (Å²) in [6.45, 7) is -1.31. The zero-order valence-electron chi connectivity index (χ0n) is 12.3. The molecule has 0 radical (unpaired) electrons. The van der Waals surface area contributed by atoms with Crippen molar-refractivity contribution in [2.24, 2.45) is 0 Å². The van der Waals surface area contributed by atoms with Gasteiger partial charge in [-0.2, -0.15) is 5.26 Å². The van der Waals surface area contributed by atoms with E-state index in [0.29, 0.717) is 0 Å². The second-order valence-corrected chi connectivity index (χ2v) is 4.99. The summed E-state index contributed by atoms with van der Waals surface area (Å²) in [6, 6.07) is 1.89. The van der Waals surface area contributed by atoms with Gasteiger partial charge in [0.1, 0.15) is 11.8 Å². The number of aromatic nitrogens is 1. The second-order valence-electron chi connectivity index (χ2n) is 4.99. The van der Waals surface area contributed by atoms with Crippen LogP contribution in [-0.2, 0) is 4.79 Å². The maximum atomic E-state index is 13.3. The van der Waals surface area contributed by atoms with Crippen molar-refractivity contribution >= 4 is 11.8 Å². The molecule has 0 saturated carbocycles. The highest BCUT2D eigenvalue weighted by atomic mass is 19.3. The zero-order chi connectivity index (χ0) is 17.0. The highest BCUT2D eigenvalue weighted by Crippen LogP contribution is 2.31. The largest absolute Gasteiger partial charge is 0.494 e. The molecule has 0 aliphatic carbocycles. The third-order valence-electron chi connectivity index (χ3n) is 3.39.